The van der Waals surface area contributed by atoms with Crippen molar-refractivity contribution in [3.8, 4) is 0 Å². The first kappa shape index (κ1) is 16.3. The minimum atomic E-state index is -3.64. The van der Waals surface area contributed by atoms with Crippen molar-refractivity contribution in [1.29, 1.82) is 0 Å². The Bertz CT molecular complexity index is 419. The smallest absolute Gasteiger partial charge is 0.264 e. The molecule has 102 valence electrons. The van der Waals surface area contributed by atoms with Crippen LogP contribution >= 0.6 is 42.2 Å². The largest absolute Gasteiger partial charge is 0.379 e. The summed E-state index contributed by atoms with van der Waals surface area (Å²) in [6.45, 7) is 2.07. The molecule has 0 saturated carbocycles. The van der Waals surface area contributed by atoms with Crippen molar-refractivity contribution in [1.82, 2.24) is 0 Å². The lowest BCUT2D eigenvalue weighted by atomic mass is 10.4. The minimum Gasteiger partial charge on any atom is -0.379 e. The molecule has 0 amide bonds. The number of alkyl halides is 3. The van der Waals surface area contributed by atoms with Gasteiger partial charge in [-0.2, -0.15) is 0 Å². The quantitative estimate of drug-likeness (QED) is 0.661. The first-order valence-electron chi connectivity index (χ1n) is 5.37. The van der Waals surface area contributed by atoms with Crippen LogP contribution in [0.4, 0.5) is 0 Å². The second-order valence-electron chi connectivity index (χ2n) is 3.68. The molecule has 18 heavy (non-hydrogen) atoms. The summed E-state index contributed by atoms with van der Waals surface area (Å²) in [4.78, 5) is 0. The lowest BCUT2D eigenvalue weighted by molar-refractivity contribution is 0.214. The predicted molar refractivity (Wildman–Crippen MR) is 76.2 cm³/mol. The molecule has 0 saturated heterocycles. The van der Waals surface area contributed by atoms with Crippen molar-refractivity contribution in [3.63, 3.8) is 0 Å². The van der Waals surface area contributed by atoms with E-state index < -0.39 is 17.0 Å². The molecule has 2 atom stereocenters. The number of hydrogen-bond acceptors (Lipinski definition) is 3. The van der Waals surface area contributed by atoms with Crippen LogP contribution in [0, 0.1) is 0 Å². The summed E-state index contributed by atoms with van der Waals surface area (Å²) in [5.74, 6) is -1.70. The van der Waals surface area contributed by atoms with Gasteiger partial charge in [-0.1, -0.05) is 59.9 Å². The summed E-state index contributed by atoms with van der Waals surface area (Å²) in [7, 11) is -3.64. The van der Waals surface area contributed by atoms with Gasteiger partial charge in [-0.3, -0.25) is 4.57 Å². The van der Waals surface area contributed by atoms with Crippen molar-refractivity contribution >= 4 is 47.5 Å². The van der Waals surface area contributed by atoms with Crippen molar-refractivity contribution in [3.05, 3.63) is 30.3 Å². The van der Waals surface area contributed by atoms with E-state index in [1.165, 1.54) is 0 Å². The molecule has 0 bridgehead atoms. The average molecular weight is 332 g/mol. The van der Waals surface area contributed by atoms with Crippen LogP contribution in [0.15, 0.2) is 30.3 Å². The van der Waals surface area contributed by atoms with Gasteiger partial charge in [0.05, 0.1) is 6.61 Å². The summed E-state index contributed by atoms with van der Waals surface area (Å²) in [5.41, 5.74) is 0. The molecule has 0 aliphatic carbocycles. The van der Waals surface area contributed by atoms with Crippen molar-refractivity contribution in [2.24, 2.45) is 0 Å². The van der Waals surface area contributed by atoms with E-state index in [0.29, 0.717) is 11.7 Å². The number of aliphatic hydroxyl groups excluding tert-OH is 1. The third-order valence-electron chi connectivity index (χ3n) is 2.22. The number of aliphatic hydroxyl groups is 1. The maximum absolute atomic E-state index is 12.8. The standard InChI is InChI=1S/C11H14Cl3O3P/c1-2-8-17-18(16,10(15)11(12,13)14)9-6-4-3-5-7-9/h3-7,10,15H,2,8H2,1H3. The van der Waals surface area contributed by atoms with Crippen LogP contribution in [-0.4, -0.2) is 21.4 Å². The molecule has 1 aromatic rings. The van der Waals surface area contributed by atoms with Crippen LogP contribution in [0.2, 0.25) is 0 Å². The zero-order chi connectivity index (χ0) is 13.8. The molecule has 0 heterocycles. The van der Waals surface area contributed by atoms with E-state index in [-0.39, 0.29) is 6.61 Å². The molecular formula is C11H14Cl3O3P. The first-order chi connectivity index (χ1) is 8.32. The summed E-state index contributed by atoms with van der Waals surface area (Å²) in [5, 5.41) is 10.3. The monoisotopic (exact) mass is 330 g/mol. The third-order valence-corrected chi connectivity index (χ3v) is 5.91. The van der Waals surface area contributed by atoms with Crippen LogP contribution in [0.25, 0.3) is 0 Å². The molecule has 0 fully saturated rings. The van der Waals surface area contributed by atoms with Gasteiger partial charge in [0.25, 0.3) is 7.37 Å². The Hall–Kier alpha value is 0.240. The third kappa shape index (κ3) is 3.86. The second kappa shape index (κ2) is 6.60. The highest BCUT2D eigenvalue weighted by molar-refractivity contribution is 7.67. The molecule has 1 rings (SSSR count). The van der Waals surface area contributed by atoms with Gasteiger partial charge in [-0.25, -0.2) is 0 Å². The average Bonchev–Trinajstić information content (AvgIpc) is 2.35. The van der Waals surface area contributed by atoms with Gasteiger partial charge in [0, 0.05) is 5.30 Å². The molecular weight excluding hydrogens is 317 g/mol. The molecule has 0 aliphatic heterocycles. The number of hydrogen-bond donors (Lipinski definition) is 1. The molecule has 3 nitrogen and oxygen atoms in total. The van der Waals surface area contributed by atoms with E-state index in [9.17, 15) is 9.67 Å². The predicted octanol–water partition coefficient (Wildman–Crippen LogP) is 3.71. The normalized spacial score (nSPS) is 17.2. The fraction of sp³-hybridized carbons (Fsp3) is 0.455. The zero-order valence-electron chi connectivity index (χ0n) is 9.72. The topological polar surface area (TPSA) is 46.5 Å². The van der Waals surface area contributed by atoms with Crippen LogP contribution in [0.5, 0.6) is 0 Å². The number of benzene rings is 1. The van der Waals surface area contributed by atoms with Crippen LogP contribution in [0.1, 0.15) is 13.3 Å². The van der Waals surface area contributed by atoms with E-state index in [1.807, 2.05) is 6.92 Å². The van der Waals surface area contributed by atoms with Gasteiger partial charge in [0.15, 0.2) is 5.85 Å². The molecule has 7 heteroatoms. The van der Waals surface area contributed by atoms with Gasteiger partial charge >= 0.3 is 0 Å². The van der Waals surface area contributed by atoms with Crippen molar-refractivity contribution in [2.75, 3.05) is 6.61 Å². The van der Waals surface area contributed by atoms with Gasteiger partial charge in [0.2, 0.25) is 3.79 Å². The maximum atomic E-state index is 12.8. The molecule has 0 aromatic heterocycles. The highest BCUT2D eigenvalue weighted by atomic mass is 35.6. The summed E-state index contributed by atoms with van der Waals surface area (Å²) >= 11 is 16.9. The molecule has 0 aliphatic rings. The Morgan fingerprint density at radius 2 is 1.89 bits per heavy atom. The van der Waals surface area contributed by atoms with Gasteiger partial charge in [-0.05, 0) is 18.6 Å². The zero-order valence-corrected chi connectivity index (χ0v) is 12.9. The highest BCUT2D eigenvalue weighted by Crippen LogP contribution is 2.57. The van der Waals surface area contributed by atoms with Crippen molar-refractivity contribution < 1.29 is 14.2 Å². The summed E-state index contributed by atoms with van der Waals surface area (Å²) in [6.07, 6.45) is 0.642. The SMILES string of the molecule is CCCOP(=O)(c1ccccc1)C(O)C(Cl)(Cl)Cl. The van der Waals surface area contributed by atoms with Crippen LogP contribution in [-0.2, 0) is 9.09 Å². The molecule has 0 radical (unpaired) electrons. The molecule has 2 unspecified atom stereocenters. The minimum absolute atomic E-state index is 0.212. The Kier molecular flexibility index (Phi) is 5.98. The first-order valence-corrected chi connectivity index (χ1v) is 8.20. The van der Waals surface area contributed by atoms with E-state index in [4.69, 9.17) is 39.3 Å². The molecule has 1 N–H and O–H groups in total. The van der Waals surface area contributed by atoms with Crippen LogP contribution in [0.3, 0.4) is 0 Å². The van der Waals surface area contributed by atoms with E-state index in [1.54, 1.807) is 30.3 Å². The molecule has 0 spiro atoms. The van der Waals surface area contributed by atoms with Gasteiger partial charge in [0.1, 0.15) is 0 Å². The fourth-order valence-electron chi connectivity index (χ4n) is 1.34. The lowest BCUT2D eigenvalue weighted by Gasteiger charge is -2.28. The van der Waals surface area contributed by atoms with E-state index in [0.717, 1.165) is 0 Å². The summed E-state index contributed by atoms with van der Waals surface area (Å²) < 4.78 is 16.0. The molecule has 1 aromatic carbocycles. The fourth-order valence-corrected chi connectivity index (χ4v) is 4.50. The number of halogens is 3. The Labute approximate surface area is 121 Å². The summed E-state index contributed by atoms with van der Waals surface area (Å²) in [6, 6.07) is 8.28. The maximum Gasteiger partial charge on any atom is 0.264 e. The highest BCUT2D eigenvalue weighted by Gasteiger charge is 2.47. The van der Waals surface area contributed by atoms with Crippen LogP contribution < -0.4 is 5.30 Å². The van der Waals surface area contributed by atoms with E-state index in [2.05, 4.69) is 0 Å². The van der Waals surface area contributed by atoms with Crippen molar-refractivity contribution in [2.45, 2.75) is 23.0 Å². The van der Waals surface area contributed by atoms with E-state index >= 15 is 0 Å². The second-order valence-corrected chi connectivity index (χ2v) is 8.51. The van der Waals surface area contributed by atoms with Gasteiger partial charge < -0.3 is 9.63 Å². The Morgan fingerprint density at radius 3 is 2.33 bits per heavy atom. The lowest BCUT2D eigenvalue weighted by Crippen LogP contribution is -2.30. The van der Waals surface area contributed by atoms with Gasteiger partial charge in [-0.15, -0.1) is 0 Å². The Morgan fingerprint density at radius 1 is 1.33 bits per heavy atom. The Balaban J connectivity index is 3.15. The number of rotatable bonds is 5.